The molecule has 6 nitrogen and oxygen atoms in total. The Kier molecular flexibility index (Phi) is 4.47. The van der Waals surface area contributed by atoms with Crippen LogP contribution in [0.1, 0.15) is 21.9 Å². The fourth-order valence-electron chi connectivity index (χ4n) is 2.12. The van der Waals surface area contributed by atoms with Gasteiger partial charge in [0.1, 0.15) is 12.1 Å². The van der Waals surface area contributed by atoms with Crippen molar-refractivity contribution in [3.8, 4) is 5.69 Å². The molecular formula is C16H15N3O3S. The zero-order chi connectivity index (χ0) is 16.2. The number of aromatic nitrogens is 3. The summed E-state index contributed by atoms with van der Waals surface area (Å²) in [5.41, 5.74) is 2.18. The van der Waals surface area contributed by atoms with Crippen LogP contribution < -0.4 is 0 Å². The van der Waals surface area contributed by atoms with Crippen LogP contribution in [0.15, 0.2) is 52.3 Å². The molecule has 0 aliphatic rings. The number of furan rings is 1. The van der Waals surface area contributed by atoms with Crippen molar-refractivity contribution < 1.29 is 13.9 Å². The first-order valence-corrected chi connectivity index (χ1v) is 7.93. The van der Waals surface area contributed by atoms with E-state index in [0.29, 0.717) is 11.5 Å². The summed E-state index contributed by atoms with van der Waals surface area (Å²) >= 11 is 1.49. The van der Waals surface area contributed by atoms with E-state index >= 15 is 0 Å². The molecule has 23 heavy (non-hydrogen) atoms. The van der Waals surface area contributed by atoms with Crippen molar-refractivity contribution in [1.82, 2.24) is 14.8 Å². The maximum Gasteiger partial charge on any atom is 0.373 e. The number of hydrogen-bond donors (Lipinski definition) is 0. The van der Waals surface area contributed by atoms with E-state index in [0.717, 1.165) is 16.4 Å². The monoisotopic (exact) mass is 329 g/mol. The number of methoxy groups -OCH3 is 1. The Morgan fingerprint density at radius 2 is 2.13 bits per heavy atom. The number of rotatable bonds is 5. The first kappa shape index (κ1) is 15.4. The average molecular weight is 329 g/mol. The summed E-state index contributed by atoms with van der Waals surface area (Å²) in [5, 5.41) is 8.90. The summed E-state index contributed by atoms with van der Waals surface area (Å²) in [7, 11) is 1.32. The summed E-state index contributed by atoms with van der Waals surface area (Å²) < 4.78 is 12.0. The van der Waals surface area contributed by atoms with Gasteiger partial charge in [-0.25, -0.2) is 4.79 Å². The van der Waals surface area contributed by atoms with E-state index in [4.69, 9.17) is 4.42 Å². The van der Waals surface area contributed by atoms with Gasteiger partial charge in [0.2, 0.25) is 5.76 Å². The molecule has 0 saturated carbocycles. The van der Waals surface area contributed by atoms with E-state index < -0.39 is 5.97 Å². The molecule has 3 aromatic rings. The standard InChI is InChI=1S/C16H15N3O3S/c1-11-5-3-4-6-13(11)19-10-17-18-16(19)23-9-12-7-8-14(22-12)15(20)21-2/h3-8,10H,9H2,1-2H3. The molecule has 0 fully saturated rings. The van der Waals surface area contributed by atoms with Crippen LogP contribution in [-0.2, 0) is 10.5 Å². The molecule has 0 N–H and O–H groups in total. The molecule has 0 unspecified atom stereocenters. The largest absolute Gasteiger partial charge is 0.463 e. The molecule has 1 aromatic carbocycles. The van der Waals surface area contributed by atoms with Crippen LogP contribution in [0.5, 0.6) is 0 Å². The van der Waals surface area contributed by atoms with Crippen molar-refractivity contribution in [2.75, 3.05) is 7.11 Å². The second-order valence-electron chi connectivity index (χ2n) is 4.82. The van der Waals surface area contributed by atoms with E-state index in [2.05, 4.69) is 14.9 Å². The number of nitrogens with zero attached hydrogens (tertiary/aromatic N) is 3. The topological polar surface area (TPSA) is 70.2 Å². The number of ether oxygens (including phenoxy) is 1. The zero-order valence-corrected chi connectivity index (χ0v) is 13.5. The van der Waals surface area contributed by atoms with E-state index in [-0.39, 0.29) is 5.76 Å². The first-order chi connectivity index (χ1) is 11.2. The number of carbonyl (C=O) groups excluding carboxylic acids is 1. The van der Waals surface area contributed by atoms with Crippen molar-refractivity contribution in [1.29, 1.82) is 0 Å². The highest BCUT2D eigenvalue weighted by Crippen LogP contribution is 2.25. The van der Waals surface area contributed by atoms with Gasteiger partial charge in [0.25, 0.3) is 0 Å². The van der Waals surface area contributed by atoms with E-state index in [1.54, 1.807) is 18.5 Å². The van der Waals surface area contributed by atoms with Gasteiger partial charge in [-0.05, 0) is 30.7 Å². The SMILES string of the molecule is COC(=O)c1ccc(CSc2nncn2-c2ccccc2C)o1. The summed E-state index contributed by atoms with van der Waals surface area (Å²) in [5.74, 6) is 0.934. The Hall–Kier alpha value is -2.54. The second kappa shape index (κ2) is 6.70. The third-order valence-corrected chi connectivity index (χ3v) is 4.25. The number of esters is 1. The van der Waals surface area contributed by atoms with E-state index in [9.17, 15) is 4.79 Å². The molecule has 3 rings (SSSR count). The van der Waals surface area contributed by atoms with Crippen LogP contribution in [0.3, 0.4) is 0 Å². The van der Waals surface area contributed by atoms with Crippen LogP contribution in [0.2, 0.25) is 0 Å². The molecule has 0 aliphatic heterocycles. The zero-order valence-electron chi connectivity index (χ0n) is 12.7. The molecule has 7 heteroatoms. The maximum atomic E-state index is 11.4. The number of aryl methyl sites for hydroxylation is 1. The van der Waals surface area contributed by atoms with Crippen molar-refractivity contribution >= 4 is 17.7 Å². The predicted octanol–water partition coefficient (Wildman–Crippen LogP) is 3.25. The normalized spacial score (nSPS) is 10.7. The fraction of sp³-hybridized carbons (Fsp3) is 0.188. The van der Waals surface area contributed by atoms with E-state index in [1.165, 1.54) is 18.9 Å². The van der Waals surface area contributed by atoms with Gasteiger partial charge in [0, 0.05) is 0 Å². The minimum atomic E-state index is -0.482. The van der Waals surface area contributed by atoms with Crippen LogP contribution in [0.25, 0.3) is 5.69 Å². The average Bonchev–Trinajstić information content (AvgIpc) is 3.22. The second-order valence-corrected chi connectivity index (χ2v) is 5.76. The molecule has 0 bridgehead atoms. The minimum Gasteiger partial charge on any atom is -0.463 e. The van der Waals surface area contributed by atoms with Crippen LogP contribution >= 0.6 is 11.8 Å². The quantitative estimate of drug-likeness (QED) is 0.528. The number of para-hydroxylation sites is 1. The van der Waals surface area contributed by atoms with Gasteiger partial charge in [0.15, 0.2) is 5.16 Å². The van der Waals surface area contributed by atoms with Gasteiger partial charge in [-0.15, -0.1) is 10.2 Å². The highest BCUT2D eigenvalue weighted by molar-refractivity contribution is 7.98. The lowest BCUT2D eigenvalue weighted by molar-refractivity contribution is 0.0563. The van der Waals surface area contributed by atoms with Gasteiger partial charge in [-0.2, -0.15) is 0 Å². The van der Waals surface area contributed by atoms with Crippen molar-refractivity contribution in [2.45, 2.75) is 17.8 Å². The number of hydrogen-bond acceptors (Lipinski definition) is 6. The Labute approximate surface area is 137 Å². The van der Waals surface area contributed by atoms with Gasteiger partial charge in [-0.1, -0.05) is 30.0 Å². The molecule has 0 radical (unpaired) electrons. The van der Waals surface area contributed by atoms with Gasteiger partial charge < -0.3 is 9.15 Å². The molecule has 0 amide bonds. The van der Waals surface area contributed by atoms with Crippen molar-refractivity contribution in [3.05, 3.63) is 59.8 Å². The molecule has 0 spiro atoms. The molecule has 0 saturated heterocycles. The van der Waals surface area contributed by atoms with Crippen LogP contribution in [0.4, 0.5) is 0 Å². The molecule has 2 heterocycles. The van der Waals surface area contributed by atoms with E-state index in [1.807, 2.05) is 35.8 Å². The maximum absolute atomic E-state index is 11.4. The molecule has 2 aromatic heterocycles. The highest BCUT2D eigenvalue weighted by Gasteiger charge is 2.13. The smallest absolute Gasteiger partial charge is 0.373 e. The molecular weight excluding hydrogens is 314 g/mol. The molecule has 0 aliphatic carbocycles. The van der Waals surface area contributed by atoms with Gasteiger partial charge in [-0.3, -0.25) is 4.57 Å². The van der Waals surface area contributed by atoms with Gasteiger partial charge in [0.05, 0.1) is 18.6 Å². The minimum absolute atomic E-state index is 0.198. The van der Waals surface area contributed by atoms with Crippen LogP contribution in [-0.4, -0.2) is 27.8 Å². The lowest BCUT2D eigenvalue weighted by Gasteiger charge is -2.08. The summed E-state index contributed by atoms with van der Waals surface area (Å²) in [4.78, 5) is 11.4. The summed E-state index contributed by atoms with van der Waals surface area (Å²) in [6.07, 6.45) is 1.69. The molecule has 118 valence electrons. The first-order valence-electron chi connectivity index (χ1n) is 6.95. The Bertz CT molecular complexity index is 825. The molecule has 0 atom stereocenters. The summed E-state index contributed by atoms with van der Waals surface area (Å²) in [6.45, 7) is 2.04. The Balaban J connectivity index is 1.75. The van der Waals surface area contributed by atoms with Crippen molar-refractivity contribution in [2.24, 2.45) is 0 Å². The third-order valence-electron chi connectivity index (χ3n) is 3.28. The number of thioether (sulfide) groups is 1. The Morgan fingerprint density at radius 3 is 2.91 bits per heavy atom. The lowest BCUT2D eigenvalue weighted by Crippen LogP contribution is -1.98. The third kappa shape index (κ3) is 3.29. The fourth-order valence-corrected chi connectivity index (χ4v) is 2.94. The lowest BCUT2D eigenvalue weighted by atomic mass is 10.2. The van der Waals surface area contributed by atoms with Crippen molar-refractivity contribution in [3.63, 3.8) is 0 Å². The summed E-state index contributed by atoms with van der Waals surface area (Å²) in [6, 6.07) is 11.4. The van der Waals surface area contributed by atoms with Crippen LogP contribution in [0, 0.1) is 6.92 Å². The number of carbonyl (C=O) groups is 1. The predicted molar refractivity (Wildman–Crippen MR) is 85.7 cm³/mol. The Morgan fingerprint density at radius 1 is 1.30 bits per heavy atom. The highest BCUT2D eigenvalue weighted by atomic mass is 32.2. The number of benzene rings is 1. The van der Waals surface area contributed by atoms with Gasteiger partial charge >= 0.3 is 5.97 Å².